The Morgan fingerprint density at radius 1 is 0.810 bits per heavy atom. The van der Waals surface area contributed by atoms with Crippen LogP contribution in [0, 0.1) is 0 Å². The highest BCUT2D eigenvalue weighted by atomic mass is 35.5. The van der Waals surface area contributed by atoms with Crippen LogP contribution in [0.4, 0.5) is 0 Å². The number of halogens is 1. The second-order valence-corrected chi connectivity index (χ2v) is 4.44. The van der Waals surface area contributed by atoms with Crippen LogP contribution in [-0.2, 0) is 14.2 Å². The van der Waals surface area contributed by atoms with Crippen molar-refractivity contribution in [3.05, 3.63) is 29.8 Å². The van der Waals surface area contributed by atoms with Crippen molar-refractivity contribution >= 4 is 17.9 Å². The number of ether oxygens (including phenoxy) is 4. The number of aldehydes is 1. The van der Waals surface area contributed by atoms with E-state index in [1.165, 1.54) is 0 Å². The average molecular weight is 317 g/mol. The zero-order valence-corrected chi connectivity index (χ0v) is 12.7. The Morgan fingerprint density at radius 3 is 1.86 bits per heavy atom. The van der Waals surface area contributed by atoms with E-state index >= 15 is 0 Å². The SMILES string of the molecule is O=Cc1ccc(OCCOCCOCCOCCCl)cc1. The lowest BCUT2D eigenvalue weighted by Gasteiger charge is -2.08. The van der Waals surface area contributed by atoms with Crippen molar-refractivity contribution < 1.29 is 23.7 Å². The van der Waals surface area contributed by atoms with Crippen LogP contribution in [0.3, 0.4) is 0 Å². The summed E-state index contributed by atoms with van der Waals surface area (Å²) in [6.07, 6.45) is 0.799. The van der Waals surface area contributed by atoms with Gasteiger partial charge in [0.2, 0.25) is 0 Å². The van der Waals surface area contributed by atoms with Gasteiger partial charge < -0.3 is 18.9 Å². The van der Waals surface area contributed by atoms with Crippen molar-refractivity contribution in [2.75, 3.05) is 52.1 Å². The number of rotatable bonds is 13. The molecule has 0 unspecified atom stereocenters. The van der Waals surface area contributed by atoms with Gasteiger partial charge in [-0.05, 0) is 24.3 Å². The quantitative estimate of drug-likeness (QED) is 0.317. The Labute approximate surface area is 130 Å². The summed E-state index contributed by atoms with van der Waals surface area (Å²) in [6, 6.07) is 6.94. The van der Waals surface area contributed by atoms with Crippen molar-refractivity contribution in [2.45, 2.75) is 0 Å². The van der Waals surface area contributed by atoms with Crippen LogP contribution < -0.4 is 4.74 Å². The van der Waals surface area contributed by atoms with Gasteiger partial charge in [-0.15, -0.1) is 11.6 Å². The Bertz CT molecular complexity index is 369. The van der Waals surface area contributed by atoms with Crippen LogP contribution in [0.25, 0.3) is 0 Å². The molecule has 1 rings (SSSR count). The van der Waals surface area contributed by atoms with Gasteiger partial charge in [0, 0.05) is 11.4 Å². The number of carbonyl (C=O) groups is 1. The first kappa shape index (κ1) is 17.9. The van der Waals surface area contributed by atoms with E-state index in [1.807, 2.05) is 0 Å². The summed E-state index contributed by atoms with van der Waals surface area (Å²) in [5.74, 6) is 1.22. The summed E-state index contributed by atoms with van der Waals surface area (Å²) in [4.78, 5) is 10.5. The lowest BCUT2D eigenvalue weighted by atomic mass is 10.2. The Balaban J connectivity index is 1.89. The fraction of sp³-hybridized carbons (Fsp3) is 0.533. The third kappa shape index (κ3) is 9.42. The van der Waals surface area contributed by atoms with Crippen molar-refractivity contribution in [3.63, 3.8) is 0 Å². The summed E-state index contributed by atoms with van der Waals surface area (Å²) in [5.41, 5.74) is 0.630. The third-order valence-corrected chi connectivity index (χ3v) is 2.63. The van der Waals surface area contributed by atoms with Gasteiger partial charge in [0.25, 0.3) is 0 Å². The molecular formula is C15H21ClO5. The van der Waals surface area contributed by atoms with Gasteiger partial charge in [-0.25, -0.2) is 0 Å². The van der Waals surface area contributed by atoms with E-state index in [2.05, 4.69) is 0 Å². The Morgan fingerprint density at radius 2 is 1.33 bits per heavy atom. The molecule has 0 radical (unpaired) electrons. The molecule has 0 aliphatic heterocycles. The first-order valence-corrected chi connectivity index (χ1v) is 7.37. The fourth-order valence-electron chi connectivity index (χ4n) is 1.46. The molecule has 5 nitrogen and oxygen atoms in total. The van der Waals surface area contributed by atoms with E-state index < -0.39 is 0 Å². The van der Waals surface area contributed by atoms with Crippen LogP contribution in [0.15, 0.2) is 24.3 Å². The topological polar surface area (TPSA) is 54.0 Å². The first-order valence-electron chi connectivity index (χ1n) is 6.84. The average Bonchev–Trinajstić information content (AvgIpc) is 2.53. The summed E-state index contributed by atoms with van der Waals surface area (Å²) >= 11 is 5.46. The zero-order chi connectivity index (χ0) is 15.2. The minimum atomic E-state index is 0.458. The number of hydrogen-bond donors (Lipinski definition) is 0. The minimum absolute atomic E-state index is 0.458. The van der Waals surface area contributed by atoms with E-state index in [0.29, 0.717) is 57.7 Å². The molecule has 0 bridgehead atoms. The van der Waals surface area contributed by atoms with Gasteiger partial charge >= 0.3 is 0 Å². The Kier molecular flexibility index (Phi) is 10.7. The molecule has 0 atom stereocenters. The van der Waals surface area contributed by atoms with Gasteiger partial charge in [0.15, 0.2) is 0 Å². The molecular weight excluding hydrogens is 296 g/mol. The van der Waals surface area contributed by atoms with E-state index in [4.69, 9.17) is 30.5 Å². The predicted molar refractivity (Wildman–Crippen MR) is 80.5 cm³/mol. The second-order valence-electron chi connectivity index (χ2n) is 4.06. The summed E-state index contributed by atoms with van der Waals surface area (Å²) in [6.45, 7) is 3.63. The van der Waals surface area contributed by atoms with Crippen molar-refractivity contribution in [1.82, 2.24) is 0 Å². The Hall–Kier alpha value is -1.14. The normalized spacial score (nSPS) is 10.5. The standard InChI is InChI=1S/C15H21ClO5/c16-5-6-18-7-8-19-9-10-20-11-12-21-15-3-1-14(13-17)2-4-15/h1-4,13H,5-12H2. The molecule has 0 aromatic heterocycles. The lowest BCUT2D eigenvalue weighted by molar-refractivity contribution is 0.0117. The summed E-state index contributed by atoms with van der Waals surface area (Å²) in [7, 11) is 0. The minimum Gasteiger partial charge on any atom is -0.491 e. The zero-order valence-electron chi connectivity index (χ0n) is 12.0. The van der Waals surface area contributed by atoms with E-state index in [0.717, 1.165) is 12.0 Å². The van der Waals surface area contributed by atoms with Gasteiger partial charge in [0.05, 0.1) is 39.6 Å². The molecule has 0 saturated carbocycles. The van der Waals surface area contributed by atoms with Gasteiger partial charge in [-0.3, -0.25) is 4.79 Å². The molecule has 118 valence electrons. The van der Waals surface area contributed by atoms with Crippen LogP contribution in [0.2, 0.25) is 0 Å². The third-order valence-electron chi connectivity index (χ3n) is 2.48. The number of carbonyl (C=O) groups excluding carboxylic acids is 1. The van der Waals surface area contributed by atoms with Crippen molar-refractivity contribution in [2.24, 2.45) is 0 Å². The lowest BCUT2D eigenvalue weighted by Crippen LogP contribution is -2.13. The highest BCUT2D eigenvalue weighted by Crippen LogP contribution is 2.10. The van der Waals surface area contributed by atoms with E-state index in [1.54, 1.807) is 24.3 Å². The summed E-state index contributed by atoms with van der Waals surface area (Å²) < 4.78 is 21.3. The second kappa shape index (κ2) is 12.6. The molecule has 0 fully saturated rings. The molecule has 0 saturated heterocycles. The maximum atomic E-state index is 10.5. The number of benzene rings is 1. The molecule has 0 spiro atoms. The smallest absolute Gasteiger partial charge is 0.150 e. The number of alkyl halides is 1. The monoisotopic (exact) mass is 316 g/mol. The van der Waals surface area contributed by atoms with Gasteiger partial charge in [0.1, 0.15) is 18.6 Å². The molecule has 1 aromatic carbocycles. The molecule has 0 aliphatic rings. The fourth-order valence-corrected chi connectivity index (χ4v) is 1.57. The molecule has 1 aromatic rings. The highest BCUT2D eigenvalue weighted by Gasteiger charge is 1.95. The molecule has 0 amide bonds. The van der Waals surface area contributed by atoms with Crippen LogP contribution in [0.5, 0.6) is 5.75 Å². The molecule has 0 heterocycles. The number of hydrogen-bond acceptors (Lipinski definition) is 5. The molecule has 0 N–H and O–H groups in total. The highest BCUT2D eigenvalue weighted by molar-refractivity contribution is 6.17. The molecule has 21 heavy (non-hydrogen) atoms. The van der Waals surface area contributed by atoms with E-state index in [9.17, 15) is 4.79 Å². The summed E-state index contributed by atoms with van der Waals surface area (Å²) in [5, 5.41) is 0. The van der Waals surface area contributed by atoms with Gasteiger partial charge in [-0.1, -0.05) is 0 Å². The van der Waals surface area contributed by atoms with Crippen molar-refractivity contribution in [3.8, 4) is 5.75 Å². The predicted octanol–water partition coefficient (Wildman–Crippen LogP) is 2.17. The molecule has 6 heteroatoms. The van der Waals surface area contributed by atoms with E-state index in [-0.39, 0.29) is 0 Å². The molecule has 0 aliphatic carbocycles. The van der Waals surface area contributed by atoms with Crippen LogP contribution >= 0.6 is 11.6 Å². The maximum Gasteiger partial charge on any atom is 0.150 e. The first-order chi connectivity index (χ1) is 10.4. The van der Waals surface area contributed by atoms with Gasteiger partial charge in [-0.2, -0.15) is 0 Å². The van der Waals surface area contributed by atoms with Crippen molar-refractivity contribution in [1.29, 1.82) is 0 Å². The largest absolute Gasteiger partial charge is 0.491 e. The maximum absolute atomic E-state index is 10.5. The van der Waals surface area contributed by atoms with Crippen LogP contribution in [-0.4, -0.2) is 58.4 Å². The van der Waals surface area contributed by atoms with Crippen LogP contribution in [0.1, 0.15) is 10.4 Å².